The fourth-order valence-electron chi connectivity index (χ4n) is 3.09. The van der Waals surface area contributed by atoms with Gasteiger partial charge in [0.1, 0.15) is 11.4 Å². The van der Waals surface area contributed by atoms with Gasteiger partial charge >= 0.3 is 0 Å². The Balaban J connectivity index is 1.71. The molecule has 30 heavy (non-hydrogen) atoms. The Morgan fingerprint density at radius 1 is 1.13 bits per heavy atom. The Morgan fingerprint density at radius 2 is 1.83 bits per heavy atom. The van der Waals surface area contributed by atoms with Crippen LogP contribution >= 0.6 is 0 Å². The molecule has 2 N–H and O–H groups in total. The Morgan fingerprint density at radius 3 is 2.50 bits per heavy atom. The van der Waals surface area contributed by atoms with Crippen LogP contribution in [0.25, 0.3) is 0 Å². The lowest BCUT2D eigenvalue weighted by Gasteiger charge is -2.15. The Kier molecular flexibility index (Phi) is 6.26. The van der Waals surface area contributed by atoms with Crippen molar-refractivity contribution in [3.63, 3.8) is 0 Å². The van der Waals surface area contributed by atoms with Crippen molar-refractivity contribution < 1.29 is 24.0 Å². The van der Waals surface area contributed by atoms with Crippen molar-refractivity contribution in [1.29, 1.82) is 0 Å². The molecule has 0 bridgehead atoms. The minimum atomic E-state index is -0.603. The normalized spacial score (nSPS) is 13.3. The first kappa shape index (κ1) is 20.8. The molecular formula is C20H20N4O6. The standard InChI is InChI=1S/C20H20N4O6/c1-30-17-5-3-2-4-15(17)22-20(27)13-6-7-14(16(12-13)24(28)29)21-10-11-23-18(25)8-9-19(23)26/h2-7,12,21H,8-11H2,1H3,(H,22,27). The Labute approximate surface area is 172 Å². The summed E-state index contributed by atoms with van der Waals surface area (Å²) in [6.07, 6.45) is 0.379. The second-order valence-electron chi connectivity index (χ2n) is 6.51. The van der Waals surface area contributed by atoms with Crippen LogP contribution in [-0.4, -0.2) is 47.7 Å². The van der Waals surface area contributed by atoms with Crippen molar-refractivity contribution in [2.24, 2.45) is 0 Å². The first-order valence-electron chi connectivity index (χ1n) is 9.20. The van der Waals surface area contributed by atoms with Gasteiger partial charge in [-0.05, 0) is 24.3 Å². The Hall–Kier alpha value is -3.95. The molecule has 0 spiro atoms. The zero-order valence-corrected chi connectivity index (χ0v) is 16.2. The number of para-hydroxylation sites is 2. The van der Waals surface area contributed by atoms with Crippen LogP contribution in [0.15, 0.2) is 42.5 Å². The van der Waals surface area contributed by atoms with E-state index in [0.717, 1.165) is 4.90 Å². The molecule has 10 nitrogen and oxygen atoms in total. The lowest BCUT2D eigenvalue weighted by atomic mass is 10.1. The summed E-state index contributed by atoms with van der Waals surface area (Å²) in [5, 5.41) is 17.0. The van der Waals surface area contributed by atoms with E-state index >= 15 is 0 Å². The number of carbonyl (C=O) groups excluding carboxylic acids is 3. The molecular weight excluding hydrogens is 392 g/mol. The number of rotatable bonds is 8. The summed E-state index contributed by atoms with van der Waals surface area (Å²) >= 11 is 0. The summed E-state index contributed by atoms with van der Waals surface area (Å²) < 4.78 is 5.18. The average Bonchev–Trinajstić information content (AvgIpc) is 3.06. The summed E-state index contributed by atoms with van der Waals surface area (Å²) in [4.78, 5) is 47.8. The Bertz CT molecular complexity index is 991. The van der Waals surface area contributed by atoms with Crippen molar-refractivity contribution in [3.05, 3.63) is 58.1 Å². The maximum Gasteiger partial charge on any atom is 0.293 e. The molecule has 0 aliphatic carbocycles. The molecule has 1 saturated heterocycles. The number of hydrogen-bond donors (Lipinski definition) is 2. The van der Waals surface area contributed by atoms with E-state index in [-0.39, 0.29) is 54.7 Å². The van der Waals surface area contributed by atoms with Crippen LogP contribution in [-0.2, 0) is 9.59 Å². The number of benzene rings is 2. The number of amides is 3. The van der Waals surface area contributed by atoms with E-state index in [1.54, 1.807) is 24.3 Å². The van der Waals surface area contributed by atoms with Crippen LogP contribution in [0.3, 0.4) is 0 Å². The number of hydrogen-bond acceptors (Lipinski definition) is 7. The summed E-state index contributed by atoms with van der Waals surface area (Å²) in [7, 11) is 1.47. The van der Waals surface area contributed by atoms with Crippen LogP contribution in [0.4, 0.5) is 17.1 Å². The number of carbonyl (C=O) groups is 3. The van der Waals surface area contributed by atoms with Crippen molar-refractivity contribution in [1.82, 2.24) is 4.90 Å². The maximum atomic E-state index is 12.5. The zero-order valence-electron chi connectivity index (χ0n) is 16.2. The summed E-state index contributed by atoms with van der Waals surface area (Å²) in [5.74, 6) is -0.564. The third-order valence-corrected chi connectivity index (χ3v) is 4.62. The number of likely N-dealkylation sites (tertiary alicyclic amines) is 1. The molecule has 156 valence electrons. The second kappa shape index (κ2) is 9.03. The van der Waals surface area contributed by atoms with E-state index < -0.39 is 10.8 Å². The second-order valence-corrected chi connectivity index (χ2v) is 6.51. The van der Waals surface area contributed by atoms with E-state index in [4.69, 9.17) is 4.74 Å². The molecule has 2 aromatic rings. The SMILES string of the molecule is COc1ccccc1NC(=O)c1ccc(NCCN2C(=O)CCC2=O)c([N+](=O)[O-])c1. The fraction of sp³-hybridized carbons (Fsp3) is 0.250. The maximum absolute atomic E-state index is 12.5. The van der Waals surface area contributed by atoms with Gasteiger partial charge in [0.15, 0.2) is 0 Å². The minimum Gasteiger partial charge on any atom is -0.495 e. The molecule has 0 saturated carbocycles. The lowest BCUT2D eigenvalue weighted by molar-refractivity contribution is -0.384. The van der Waals surface area contributed by atoms with Crippen molar-refractivity contribution in [3.8, 4) is 5.75 Å². The molecule has 1 aliphatic rings. The molecule has 0 radical (unpaired) electrons. The van der Waals surface area contributed by atoms with Gasteiger partial charge in [-0.25, -0.2) is 0 Å². The van der Waals surface area contributed by atoms with Gasteiger partial charge in [0.05, 0.1) is 17.7 Å². The number of nitro groups is 1. The molecule has 2 aromatic carbocycles. The fourth-order valence-corrected chi connectivity index (χ4v) is 3.09. The summed E-state index contributed by atoms with van der Waals surface area (Å²) in [6, 6.07) is 10.9. The van der Waals surface area contributed by atoms with Crippen LogP contribution in [0.1, 0.15) is 23.2 Å². The molecule has 1 heterocycles. The number of methoxy groups -OCH3 is 1. The van der Waals surface area contributed by atoms with Gasteiger partial charge in [-0.2, -0.15) is 0 Å². The lowest BCUT2D eigenvalue weighted by Crippen LogP contribution is -2.33. The summed E-state index contributed by atoms with van der Waals surface area (Å²) in [6.45, 7) is 0.274. The third-order valence-electron chi connectivity index (χ3n) is 4.62. The van der Waals surface area contributed by atoms with Crippen LogP contribution in [0.2, 0.25) is 0 Å². The van der Waals surface area contributed by atoms with Gasteiger partial charge in [0.2, 0.25) is 11.8 Å². The van der Waals surface area contributed by atoms with E-state index in [1.807, 2.05) is 0 Å². The predicted molar refractivity (Wildman–Crippen MR) is 108 cm³/mol. The van der Waals surface area contributed by atoms with Gasteiger partial charge in [0, 0.05) is 37.6 Å². The molecule has 0 atom stereocenters. The van der Waals surface area contributed by atoms with Gasteiger partial charge < -0.3 is 15.4 Å². The van der Waals surface area contributed by atoms with Crippen LogP contribution in [0, 0.1) is 10.1 Å². The highest BCUT2D eigenvalue weighted by molar-refractivity contribution is 6.06. The predicted octanol–water partition coefficient (Wildman–Crippen LogP) is 2.42. The zero-order chi connectivity index (χ0) is 21.7. The van der Waals surface area contributed by atoms with Gasteiger partial charge in [-0.1, -0.05) is 12.1 Å². The smallest absolute Gasteiger partial charge is 0.293 e. The number of nitrogens with zero attached hydrogens (tertiary/aromatic N) is 2. The molecule has 0 aromatic heterocycles. The minimum absolute atomic E-state index is 0.100. The first-order chi connectivity index (χ1) is 14.4. The van der Waals surface area contributed by atoms with Gasteiger partial charge in [0.25, 0.3) is 11.6 Å². The highest BCUT2D eigenvalue weighted by Crippen LogP contribution is 2.28. The van der Waals surface area contributed by atoms with E-state index in [9.17, 15) is 24.5 Å². The van der Waals surface area contributed by atoms with Gasteiger partial charge in [-0.3, -0.25) is 29.4 Å². The van der Waals surface area contributed by atoms with Crippen molar-refractivity contribution >= 4 is 34.8 Å². The number of imide groups is 1. The third kappa shape index (κ3) is 4.54. The quantitative estimate of drug-likeness (QED) is 0.387. The van der Waals surface area contributed by atoms with Crippen molar-refractivity contribution in [2.75, 3.05) is 30.8 Å². The largest absolute Gasteiger partial charge is 0.495 e. The van der Waals surface area contributed by atoms with Crippen LogP contribution in [0.5, 0.6) is 5.75 Å². The van der Waals surface area contributed by atoms with E-state index in [0.29, 0.717) is 11.4 Å². The number of ether oxygens (including phenoxy) is 1. The van der Waals surface area contributed by atoms with Crippen molar-refractivity contribution in [2.45, 2.75) is 12.8 Å². The summed E-state index contributed by atoms with van der Waals surface area (Å²) in [5.41, 5.74) is 0.438. The molecule has 3 rings (SSSR count). The highest BCUT2D eigenvalue weighted by atomic mass is 16.6. The number of nitrogens with one attached hydrogen (secondary N) is 2. The van der Waals surface area contributed by atoms with E-state index in [1.165, 1.54) is 25.3 Å². The molecule has 3 amide bonds. The molecule has 0 unspecified atom stereocenters. The average molecular weight is 412 g/mol. The molecule has 1 aliphatic heterocycles. The van der Waals surface area contributed by atoms with E-state index in [2.05, 4.69) is 10.6 Å². The highest BCUT2D eigenvalue weighted by Gasteiger charge is 2.28. The van der Waals surface area contributed by atoms with Gasteiger partial charge in [-0.15, -0.1) is 0 Å². The van der Waals surface area contributed by atoms with Crippen LogP contribution < -0.4 is 15.4 Å². The topological polar surface area (TPSA) is 131 Å². The first-order valence-corrected chi connectivity index (χ1v) is 9.20. The molecule has 10 heteroatoms. The number of nitro benzene ring substituents is 1. The monoisotopic (exact) mass is 412 g/mol. The molecule has 1 fully saturated rings. The number of anilines is 2.